The van der Waals surface area contributed by atoms with E-state index < -0.39 is 32.2 Å². The molecule has 23 heavy (non-hydrogen) atoms. The molecule has 0 fully saturated rings. The Morgan fingerprint density at radius 3 is 2.26 bits per heavy atom. The van der Waals surface area contributed by atoms with E-state index in [2.05, 4.69) is 9.71 Å². The summed E-state index contributed by atoms with van der Waals surface area (Å²) in [4.78, 5) is 26.6. The lowest BCUT2D eigenvalue weighted by molar-refractivity contribution is 0.414. The highest BCUT2D eigenvalue weighted by molar-refractivity contribution is 7.89. The van der Waals surface area contributed by atoms with Gasteiger partial charge >= 0.3 is 5.69 Å². The zero-order chi connectivity index (χ0) is 17.2. The first kappa shape index (κ1) is 17.0. The highest BCUT2D eigenvalue weighted by Crippen LogP contribution is 2.19. The van der Waals surface area contributed by atoms with Gasteiger partial charge in [-0.2, -0.15) is 0 Å². The number of sulfonamides is 1. The van der Waals surface area contributed by atoms with Crippen molar-refractivity contribution in [1.29, 1.82) is 0 Å². The number of hydrogen-bond donors (Lipinski definition) is 3. The van der Waals surface area contributed by atoms with Crippen LogP contribution in [0, 0.1) is 6.92 Å². The van der Waals surface area contributed by atoms with Gasteiger partial charge in [-0.3, -0.25) is 9.78 Å². The average Bonchev–Trinajstić information content (AvgIpc) is 2.45. The molecule has 8 nitrogen and oxygen atoms in total. The van der Waals surface area contributed by atoms with Gasteiger partial charge in [-0.1, -0.05) is 12.1 Å². The molecule has 1 heterocycles. The summed E-state index contributed by atoms with van der Waals surface area (Å²) in [5.41, 5.74) is -1.03. The van der Waals surface area contributed by atoms with Crippen LogP contribution in [-0.4, -0.2) is 25.5 Å². The van der Waals surface area contributed by atoms with Crippen molar-refractivity contribution < 1.29 is 13.2 Å². The Kier molecular flexibility index (Phi) is 4.71. The van der Waals surface area contributed by atoms with Crippen molar-refractivity contribution in [2.75, 3.05) is 7.11 Å². The van der Waals surface area contributed by atoms with Gasteiger partial charge in [0.1, 0.15) is 5.75 Å². The molecule has 0 aliphatic carbocycles. The minimum atomic E-state index is -4.10. The molecule has 3 N–H and O–H groups in total. The van der Waals surface area contributed by atoms with Crippen LogP contribution in [0.25, 0.3) is 0 Å². The first-order chi connectivity index (χ1) is 10.7. The minimum absolute atomic E-state index is 0.0202. The van der Waals surface area contributed by atoms with Crippen LogP contribution in [0.3, 0.4) is 0 Å². The molecular weight excluding hydrogens is 322 g/mol. The summed E-state index contributed by atoms with van der Waals surface area (Å²) in [5.74, 6) is 0.650. The molecular formula is C14H17N3O5S. The largest absolute Gasteiger partial charge is 0.497 e. The van der Waals surface area contributed by atoms with E-state index in [0.29, 0.717) is 11.3 Å². The van der Waals surface area contributed by atoms with Gasteiger partial charge in [0.2, 0.25) is 10.0 Å². The maximum Gasteiger partial charge on any atom is 0.325 e. The third-order valence-corrected chi connectivity index (χ3v) is 4.98. The number of rotatable bonds is 5. The van der Waals surface area contributed by atoms with Crippen LogP contribution in [0.5, 0.6) is 5.75 Å². The summed E-state index contributed by atoms with van der Waals surface area (Å²) in [6, 6.07) is 6.28. The third kappa shape index (κ3) is 3.69. The predicted molar refractivity (Wildman–Crippen MR) is 84.2 cm³/mol. The maximum atomic E-state index is 12.4. The number of aryl methyl sites for hydroxylation is 1. The molecule has 1 atom stereocenters. The van der Waals surface area contributed by atoms with Gasteiger partial charge in [-0.25, -0.2) is 17.9 Å². The van der Waals surface area contributed by atoms with Crippen LogP contribution >= 0.6 is 0 Å². The monoisotopic (exact) mass is 339 g/mol. The van der Waals surface area contributed by atoms with E-state index in [1.54, 1.807) is 31.2 Å². The summed E-state index contributed by atoms with van der Waals surface area (Å²) in [6.07, 6.45) is 0. The SMILES string of the molecule is COc1ccc(C(C)NS(=O)(=O)c2c(C)[nH]c(=O)[nH]c2=O)cc1. The first-order valence-corrected chi connectivity index (χ1v) is 8.22. The van der Waals surface area contributed by atoms with Crippen LogP contribution in [0.4, 0.5) is 0 Å². The number of methoxy groups -OCH3 is 1. The second kappa shape index (κ2) is 6.39. The molecule has 0 bridgehead atoms. The lowest BCUT2D eigenvalue weighted by Crippen LogP contribution is -2.35. The topological polar surface area (TPSA) is 121 Å². The number of nitrogens with one attached hydrogen (secondary N) is 3. The molecule has 0 spiro atoms. The fourth-order valence-corrected chi connectivity index (χ4v) is 3.63. The third-order valence-electron chi connectivity index (χ3n) is 3.29. The number of aromatic nitrogens is 2. The molecule has 9 heteroatoms. The van der Waals surface area contributed by atoms with E-state index in [-0.39, 0.29) is 5.69 Å². The van der Waals surface area contributed by atoms with Gasteiger partial charge in [0.15, 0.2) is 4.90 Å². The Bertz CT molecular complexity index is 913. The van der Waals surface area contributed by atoms with Gasteiger partial charge in [0, 0.05) is 11.7 Å². The van der Waals surface area contributed by atoms with Crippen LogP contribution in [0.2, 0.25) is 0 Å². The Hall–Kier alpha value is -2.39. The van der Waals surface area contributed by atoms with Crippen LogP contribution < -0.4 is 20.7 Å². The summed E-state index contributed by atoms with van der Waals surface area (Å²) >= 11 is 0. The van der Waals surface area contributed by atoms with Crippen LogP contribution in [-0.2, 0) is 10.0 Å². The number of benzene rings is 1. The van der Waals surface area contributed by atoms with Crippen molar-refractivity contribution >= 4 is 10.0 Å². The summed E-state index contributed by atoms with van der Waals surface area (Å²) in [6.45, 7) is 3.00. The Labute approximate surface area is 132 Å². The Morgan fingerprint density at radius 1 is 1.13 bits per heavy atom. The molecule has 1 aromatic heterocycles. The molecule has 124 valence electrons. The lowest BCUT2D eigenvalue weighted by atomic mass is 10.1. The normalized spacial score (nSPS) is 12.8. The van der Waals surface area contributed by atoms with Gasteiger partial charge in [0.05, 0.1) is 7.11 Å². The van der Waals surface area contributed by atoms with Crippen LogP contribution in [0.15, 0.2) is 38.8 Å². The van der Waals surface area contributed by atoms with Gasteiger partial charge < -0.3 is 9.72 Å². The van der Waals surface area contributed by atoms with Crippen molar-refractivity contribution in [3.05, 3.63) is 56.4 Å². The molecule has 0 saturated heterocycles. The fourth-order valence-electron chi connectivity index (χ4n) is 2.16. The zero-order valence-electron chi connectivity index (χ0n) is 12.8. The van der Waals surface area contributed by atoms with Crippen molar-refractivity contribution in [3.63, 3.8) is 0 Å². The molecule has 2 aromatic rings. The average molecular weight is 339 g/mol. The Morgan fingerprint density at radius 2 is 1.74 bits per heavy atom. The van der Waals surface area contributed by atoms with Crippen molar-refractivity contribution in [3.8, 4) is 5.75 Å². The van der Waals surface area contributed by atoms with Gasteiger partial charge in [-0.15, -0.1) is 0 Å². The van der Waals surface area contributed by atoms with Crippen molar-refractivity contribution in [1.82, 2.24) is 14.7 Å². The van der Waals surface area contributed by atoms with Gasteiger partial charge in [-0.05, 0) is 31.5 Å². The second-order valence-electron chi connectivity index (χ2n) is 4.98. The number of aromatic amines is 2. The standard InChI is InChI=1S/C14H17N3O5S/c1-8(10-4-6-11(22-3)7-5-10)17-23(20,21)12-9(2)15-14(19)16-13(12)18/h4-8,17H,1-3H3,(H2,15,16,18,19). The van der Waals surface area contributed by atoms with E-state index in [1.807, 2.05) is 4.98 Å². The second-order valence-corrected chi connectivity index (χ2v) is 6.63. The van der Waals surface area contributed by atoms with E-state index >= 15 is 0 Å². The molecule has 1 unspecified atom stereocenters. The van der Waals surface area contributed by atoms with Crippen molar-refractivity contribution in [2.24, 2.45) is 0 Å². The number of H-pyrrole nitrogens is 2. The fraction of sp³-hybridized carbons (Fsp3) is 0.286. The Balaban J connectivity index is 2.34. The molecule has 0 aliphatic heterocycles. The highest BCUT2D eigenvalue weighted by Gasteiger charge is 2.24. The lowest BCUT2D eigenvalue weighted by Gasteiger charge is -2.15. The summed E-state index contributed by atoms with van der Waals surface area (Å²) < 4.78 is 32.3. The molecule has 0 amide bonds. The summed E-state index contributed by atoms with van der Waals surface area (Å²) in [5, 5.41) is 0. The molecule has 0 saturated carbocycles. The van der Waals surface area contributed by atoms with E-state index in [9.17, 15) is 18.0 Å². The van der Waals surface area contributed by atoms with Crippen LogP contribution in [0.1, 0.15) is 24.2 Å². The zero-order valence-corrected chi connectivity index (χ0v) is 13.7. The van der Waals surface area contributed by atoms with E-state index in [0.717, 1.165) is 0 Å². The number of ether oxygens (including phenoxy) is 1. The predicted octanol–water partition coefficient (Wildman–Crippen LogP) is 0.420. The number of hydrogen-bond acceptors (Lipinski definition) is 5. The minimum Gasteiger partial charge on any atom is -0.497 e. The quantitative estimate of drug-likeness (QED) is 0.729. The first-order valence-electron chi connectivity index (χ1n) is 6.74. The molecule has 2 rings (SSSR count). The summed E-state index contributed by atoms with van der Waals surface area (Å²) in [7, 11) is -2.56. The van der Waals surface area contributed by atoms with Crippen molar-refractivity contribution in [2.45, 2.75) is 24.8 Å². The van der Waals surface area contributed by atoms with Gasteiger partial charge in [0.25, 0.3) is 5.56 Å². The highest BCUT2D eigenvalue weighted by atomic mass is 32.2. The molecule has 1 aromatic carbocycles. The maximum absolute atomic E-state index is 12.4. The smallest absolute Gasteiger partial charge is 0.325 e. The van der Waals surface area contributed by atoms with E-state index in [4.69, 9.17) is 4.74 Å². The molecule has 0 aliphatic rings. The molecule has 0 radical (unpaired) electrons. The van der Waals surface area contributed by atoms with E-state index in [1.165, 1.54) is 14.0 Å².